The standard InChI is InChI=1S/C15H18N6OS/c1-4-21-16-7-13(18-21)17-14(22)9-20-8-10(2)15(19-20)12-6-5-11(3)23-12/h5-8H,4,9H2,1-3H3,(H,17,18,22). The normalized spacial score (nSPS) is 10.9. The SMILES string of the molecule is CCn1ncc(NC(=O)Cn2cc(C)c(-c3ccc(C)s3)n2)n1. The van der Waals surface area contributed by atoms with E-state index in [1.807, 2.05) is 20.0 Å². The van der Waals surface area contributed by atoms with Crippen LogP contribution in [-0.2, 0) is 17.9 Å². The molecule has 1 N–H and O–H groups in total. The first-order valence-corrected chi connectivity index (χ1v) is 8.17. The fourth-order valence-electron chi connectivity index (χ4n) is 2.24. The summed E-state index contributed by atoms with van der Waals surface area (Å²) in [6.07, 6.45) is 3.42. The molecular weight excluding hydrogens is 312 g/mol. The Morgan fingerprint density at radius 3 is 2.78 bits per heavy atom. The Balaban J connectivity index is 1.69. The summed E-state index contributed by atoms with van der Waals surface area (Å²) < 4.78 is 1.65. The van der Waals surface area contributed by atoms with Gasteiger partial charge in [0.05, 0.1) is 17.6 Å². The highest BCUT2D eigenvalue weighted by atomic mass is 32.1. The third-order valence-electron chi connectivity index (χ3n) is 3.31. The monoisotopic (exact) mass is 330 g/mol. The molecule has 0 aliphatic rings. The zero-order valence-electron chi connectivity index (χ0n) is 13.3. The number of hydrogen-bond acceptors (Lipinski definition) is 5. The van der Waals surface area contributed by atoms with E-state index in [0.29, 0.717) is 12.4 Å². The van der Waals surface area contributed by atoms with Gasteiger partial charge in [0.1, 0.15) is 12.2 Å². The van der Waals surface area contributed by atoms with Crippen LogP contribution in [0, 0.1) is 13.8 Å². The first-order valence-electron chi connectivity index (χ1n) is 7.36. The molecule has 0 aromatic carbocycles. The Kier molecular flexibility index (Phi) is 4.24. The van der Waals surface area contributed by atoms with E-state index in [9.17, 15) is 4.79 Å². The van der Waals surface area contributed by atoms with Crippen LogP contribution in [0.3, 0.4) is 0 Å². The molecule has 0 aliphatic carbocycles. The van der Waals surface area contributed by atoms with Crippen LogP contribution in [0.5, 0.6) is 0 Å². The summed E-state index contributed by atoms with van der Waals surface area (Å²) in [5.74, 6) is 0.277. The Morgan fingerprint density at radius 2 is 2.13 bits per heavy atom. The van der Waals surface area contributed by atoms with Gasteiger partial charge in [0.2, 0.25) is 5.91 Å². The van der Waals surface area contributed by atoms with Crippen LogP contribution in [0.4, 0.5) is 5.82 Å². The van der Waals surface area contributed by atoms with Crippen molar-refractivity contribution in [3.63, 3.8) is 0 Å². The molecule has 0 fully saturated rings. The summed E-state index contributed by atoms with van der Waals surface area (Å²) in [6.45, 7) is 6.81. The molecule has 0 saturated carbocycles. The van der Waals surface area contributed by atoms with Gasteiger partial charge in [0, 0.05) is 11.1 Å². The molecule has 23 heavy (non-hydrogen) atoms. The fourth-order valence-corrected chi connectivity index (χ4v) is 3.16. The van der Waals surface area contributed by atoms with Gasteiger partial charge in [0.15, 0.2) is 5.82 Å². The van der Waals surface area contributed by atoms with Crippen LogP contribution in [-0.4, -0.2) is 30.7 Å². The van der Waals surface area contributed by atoms with E-state index in [-0.39, 0.29) is 12.5 Å². The second-order valence-corrected chi connectivity index (χ2v) is 6.52. The number of amides is 1. The van der Waals surface area contributed by atoms with Crippen LogP contribution in [0.1, 0.15) is 17.4 Å². The molecule has 8 heteroatoms. The van der Waals surface area contributed by atoms with E-state index in [1.165, 1.54) is 15.9 Å². The van der Waals surface area contributed by atoms with Crippen molar-refractivity contribution in [2.24, 2.45) is 0 Å². The second-order valence-electron chi connectivity index (χ2n) is 5.24. The summed E-state index contributed by atoms with van der Waals surface area (Å²) in [6, 6.07) is 4.13. The van der Waals surface area contributed by atoms with Gasteiger partial charge in [0.25, 0.3) is 0 Å². The average molecular weight is 330 g/mol. The van der Waals surface area contributed by atoms with Crippen molar-refractivity contribution in [1.82, 2.24) is 24.8 Å². The third kappa shape index (κ3) is 3.48. The Bertz CT molecular complexity index is 831. The lowest BCUT2D eigenvalue weighted by Gasteiger charge is -2.01. The lowest BCUT2D eigenvalue weighted by Crippen LogP contribution is -2.19. The van der Waals surface area contributed by atoms with Crippen LogP contribution >= 0.6 is 11.3 Å². The van der Waals surface area contributed by atoms with Crippen LogP contribution in [0.2, 0.25) is 0 Å². The number of aromatic nitrogens is 5. The minimum absolute atomic E-state index is 0.143. The lowest BCUT2D eigenvalue weighted by molar-refractivity contribution is -0.116. The number of thiophene rings is 1. The third-order valence-corrected chi connectivity index (χ3v) is 4.32. The summed E-state index contributed by atoms with van der Waals surface area (Å²) in [4.78, 5) is 16.0. The number of nitrogens with zero attached hydrogens (tertiary/aromatic N) is 5. The summed E-state index contributed by atoms with van der Waals surface area (Å²) >= 11 is 1.70. The molecule has 0 radical (unpaired) electrons. The van der Waals surface area contributed by atoms with Gasteiger partial charge in [-0.15, -0.1) is 16.4 Å². The minimum atomic E-state index is -0.176. The average Bonchev–Trinajstić information content (AvgIpc) is 3.20. The predicted molar refractivity (Wildman–Crippen MR) is 89.3 cm³/mol. The van der Waals surface area contributed by atoms with Gasteiger partial charge in [-0.3, -0.25) is 9.48 Å². The van der Waals surface area contributed by atoms with Crippen molar-refractivity contribution in [3.05, 3.63) is 35.0 Å². The highest BCUT2D eigenvalue weighted by molar-refractivity contribution is 7.15. The van der Waals surface area contributed by atoms with E-state index in [4.69, 9.17) is 0 Å². The Labute approximate surface area is 137 Å². The number of carbonyl (C=O) groups is 1. The maximum Gasteiger partial charge on any atom is 0.247 e. The highest BCUT2D eigenvalue weighted by Gasteiger charge is 2.12. The molecule has 0 aliphatic heterocycles. The van der Waals surface area contributed by atoms with E-state index in [0.717, 1.165) is 16.1 Å². The number of carbonyl (C=O) groups excluding carboxylic acids is 1. The summed E-state index contributed by atoms with van der Waals surface area (Å²) in [7, 11) is 0. The van der Waals surface area contributed by atoms with Crippen LogP contribution in [0.25, 0.3) is 10.6 Å². The molecule has 3 aromatic rings. The number of aryl methyl sites for hydroxylation is 3. The van der Waals surface area contributed by atoms with E-state index in [2.05, 4.69) is 39.7 Å². The molecular formula is C15H18N6OS. The number of anilines is 1. The molecule has 1 amide bonds. The van der Waals surface area contributed by atoms with Crippen LogP contribution in [0.15, 0.2) is 24.5 Å². The topological polar surface area (TPSA) is 77.6 Å². The highest BCUT2D eigenvalue weighted by Crippen LogP contribution is 2.28. The Hall–Kier alpha value is -2.48. The van der Waals surface area contributed by atoms with Crippen molar-refractivity contribution < 1.29 is 4.79 Å². The number of rotatable bonds is 5. The smallest absolute Gasteiger partial charge is 0.247 e. The molecule has 3 rings (SSSR count). The maximum atomic E-state index is 12.1. The molecule has 120 valence electrons. The van der Waals surface area contributed by atoms with E-state index < -0.39 is 0 Å². The van der Waals surface area contributed by atoms with Crippen molar-refractivity contribution >= 4 is 23.1 Å². The van der Waals surface area contributed by atoms with Gasteiger partial charge in [-0.2, -0.15) is 15.0 Å². The zero-order valence-corrected chi connectivity index (χ0v) is 14.1. The fraction of sp³-hybridized carbons (Fsp3) is 0.333. The first kappa shape index (κ1) is 15.4. The van der Waals surface area contributed by atoms with Gasteiger partial charge in [-0.1, -0.05) is 0 Å². The van der Waals surface area contributed by atoms with Crippen molar-refractivity contribution in [3.8, 4) is 10.6 Å². The summed E-state index contributed by atoms with van der Waals surface area (Å²) in [5, 5.41) is 15.4. The quantitative estimate of drug-likeness (QED) is 0.779. The van der Waals surface area contributed by atoms with E-state index >= 15 is 0 Å². The molecule has 0 saturated heterocycles. The maximum absolute atomic E-state index is 12.1. The molecule has 0 bridgehead atoms. The molecule has 0 spiro atoms. The molecule has 0 unspecified atom stereocenters. The number of nitrogens with one attached hydrogen (secondary N) is 1. The molecule has 3 heterocycles. The molecule has 3 aromatic heterocycles. The molecule has 7 nitrogen and oxygen atoms in total. The van der Waals surface area contributed by atoms with Gasteiger partial charge in [-0.25, -0.2) is 0 Å². The number of hydrogen-bond donors (Lipinski definition) is 1. The zero-order chi connectivity index (χ0) is 16.4. The lowest BCUT2D eigenvalue weighted by atomic mass is 10.2. The van der Waals surface area contributed by atoms with Gasteiger partial charge >= 0.3 is 0 Å². The predicted octanol–water partition coefficient (Wildman–Crippen LogP) is 2.48. The van der Waals surface area contributed by atoms with E-state index in [1.54, 1.807) is 16.0 Å². The van der Waals surface area contributed by atoms with Crippen molar-refractivity contribution in [1.29, 1.82) is 0 Å². The minimum Gasteiger partial charge on any atom is -0.306 e. The summed E-state index contributed by atoms with van der Waals surface area (Å²) in [5.41, 5.74) is 1.98. The Morgan fingerprint density at radius 1 is 1.30 bits per heavy atom. The van der Waals surface area contributed by atoms with Gasteiger partial charge in [-0.05, 0) is 38.5 Å². The second kappa shape index (κ2) is 6.33. The van der Waals surface area contributed by atoms with Gasteiger partial charge < -0.3 is 5.32 Å². The van der Waals surface area contributed by atoms with Crippen LogP contribution < -0.4 is 5.32 Å². The van der Waals surface area contributed by atoms with Crippen molar-refractivity contribution in [2.75, 3.05) is 5.32 Å². The largest absolute Gasteiger partial charge is 0.306 e. The first-order chi connectivity index (χ1) is 11.0. The van der Waals surface area contributed by atoms with Crippen molar-refractivity contribution in [2.45, 2.75) is 33.9 Å². The molecule has 0 atom stereocenters.